The second-order valence-corrected chi connectivity index (χ2v) is 19.5. The number of fused-ring (bicyclic) bond motifs is 7. The largest absolute Gasteiger partial charge is 0.463 e. The van der Waals surface area contributed by atoms with Crippen molar-refractivity contribution in [2.24, 2.45) is 51.8 Å². The predicted molar refractivity (Wildman–Crippen MR) is 193 cm³/mol. The Morgan fingerprint density at radius 1 is 0.873 bits per heavy atom. The lowest BCUT2D eigenvalue weighted by molar-refractivity contribution is -0.428. The van der Waals surface area contributed by atoms with Gasteiger partial charge in [0.15, 0.2) is 30.4 Å². The summed E-state index contributed by atoms with van der Waals surface area (Å²) in [7, 11) is 1.90. The summed E-state index contributed by atoms with van der Waals surface area (Å²) in [6, 6.07) is 0. The van der Waals surface area contributed by atoms with Crippen molar-refractivity contribution in [3.8, 4) is 0 Å². The van der Waals surface area contributed by atoms with Gasteiger partial charge in [0.1, 0.15) is 18.3 Å². The van der Waals surface area contributed by atoms with Crippen LogP contribution in [-0.2, 0) is 57.0 Å². The zero-order chi connectivity index (χ0) is 39.7. The van der Waals surface area contributed by atoms with E-state index in [4.69, 9.17) is 42.6 Å². The summed E-state index contributed by atoms with van der Waals surface area (Å²) in [5.41, 5.74) is -1.03. The Bertz CT molecular complexity index is 1550. The van der Waals surface area contributed by atoms with E-state index in [1.807, 2.05) is 7.11 Å². The number of carbonyl (C=O) groups excluding carboxylic acids is 3. The summed E-state index contributed by atoms with van der Waals surface area (Å²) in [6.07, 6.45) is 3.07. The smallest absolute Gasteiger partial charge is 0.303 e. The first-order chi connectivity index (χ1) is 25.8. The molecule has 8 rings (SSSR count). The molecule has 1 N–H and O–H groups in total. The quantitative estimate of drug-likeness (QED) is 0.222. The SMILES string of the molecule is CO[C@@H]1C[C@H]2[C@@H]3C[C@@H]4O[C@@](CCC(C)C)(OC5(C)O[C@@H]6O[C@H](COC(C)=O)[C@@H](OC(C)=O)[C@H](OC(C)=O)[C@H]6O5)[C@@H](C)[C@]4(O)[C@@]3(C)CC[C@@H]2[C@@]2(C)CC[C@@H]3C[C@]312. The predicted octanol–water partition coefficient (Wildman–Crippen LogP) is 5.42. The van der Waals surface area contributed by atoms with E-state index in [0.29, 0.717) is 29.6 Å². The minimum Gasteiger partial charge on any atom is -0.463 e. The van der Waals surface area contributed by atoms with Gasteiger partial charge in [-0.1, -0.05) is 34.6 Å². The Labute approximate surface area is 325 Å². The standard InChI is InChI=1S/C42H64O13/c1-21(2)11-16-41(55-39(9)53-35-34(50-25(6)45)33(49-24(5)44)30(20-48-23(4)43)51-36(35)54-39)22(3)42(46)32(52-41)18-29-27-17-31(47-10)40-19-26(40)12-14-37(40,7)28(27)13-15-38(29,42)8/h21-22,26-36,46H,11-20H2,1-10H3/t22-,26-,27-,28+,29+,30-,31-,32+,33-,34+,35-,36+,37-,38+,39?,40+,41+,42-/m1/s1. The fraction of sp³-hybridized carbons (Fsp3) is 0.929. The van der Waals surface area contributed by atoms with Crippen LogP contribution in [0.3, 0.4) is 0 Å². The van der Waals surface area contributed by atoms with Crippen molar-refractivity contribution >= 4 is 17.9 Å². The van der Waals surface area contributed by atoms with E-state index in [1.54, 1.807) is 6.92 Å². The highest BCUT2D eigenvalue weighted by atomic mass is 17.0. The molecule has 0 bridgehead atoms. The molecular formula is C42H64O13. The van der Waals surface area contributed by atoms with Crippen LogP contribution >= 0.6 is 0 Å². The van der Waals surface area contributed by atoms with Gasteiger partial charge < -0.3 is 38.3 Å². The maximum atomic E-state index is 13.4. The highest BCUT2D eigenvalue weighted by Gasteiger charge is 2.81. The number of carbonyl (C=O) groups is 3. The van der Waals surface area contributed by atoms with Gasteiger partial charge in [0.05, 0.1) is 12.2 Å². The molecule has 0 aromatic heterocycles. The maximum absolute atomic E-state index is 13.4. The van der Waals surface area contributed by atoms with Gasteiger partial charge in [-0.15, -0.1) is 0 Å². The van der Waals surface area contributed by atoms with Crippen molar-refractivity contribution in [2.45, 2.75) is 180 Å². The molecule has 0 amide bonds. The van der Waals surface area contributed by atoms with E-state index < -0.39 is 83.4 Å². The second kappa shape index (κ2) is 13.3. The first-order valence-corrected chi connectivity index (χ1v) is 20.9. The Morgan fingerprint density at radius 3 is 2.20 bits per heavy atom. The third-order valence-electron chi connectivity index (χ3n) is 16.5. The van der Waals surface area contributed by atoms with Crippen LogP contribution in [0.2, 0.25) is 0 Å². The zero-order valence-electron chi connectivity index (χ0n) is 34.4. The third kappa shape index (κ3) is 5.74. The van der Waals surface area contributed by atoms with Crippen LogP contribution in [0.5, 0.6) is 0 Å². The molecule has 1 spiro atoms. The highest BCUT2D eigenvalue weighted by molar-refractivity contribution is 5.68. The van der Waals surface area contributed by atoms with E-state index in [9.17, 15) is 19.5 Å². The first-order valence-electron chi connectivity index (χ1n) is 20.9. The van der Waals surface area contributed by atoms with Crippen LogP contribution in [0.4, 0.5) is 0 Å². The van der Waals surface area contributed by atoms with Gasteiger partial charge in [0, 0.05) is 58.0 Å². The molecule has 310 valence electrons. The highest BCUT2D eigenvalue weighted by Crippen LogP contribution is 2.83. The Morgan fingerprint density at radius 2 is 1.56 bits per heavy atom. The number of hydrogen-bond acceptors (Lipinski definition) is 13. The number of aliphatic hydroxyl groups is 1. The summed E-state index contributed by atoms with van der Waals surface area (Å²) < 4.78 is 56.3. The van der Waals surface area contributed by atoms with Gasteiger partial charge in [-0.05, 0) is 86.4 Å². The van der Waals surface area contributed by atoms with Gasteiger partial charge in [0.25, 0.3) is 5.97 Å². The molecule has 5 aliphatic carbocycles. The van der Waals surface area contributed by atoms with Crippen molar-refractivity contribution in [1.82, 2.24) is 0 Å². The molecule has 3 saturated heterocycles. The average Bonchev–Trinajstić information content (AvgIpc) is 3.43. The normalized spacial score (nSPS) is 53.0. The molecule has 0 aromatic rings. The third-order valence-corrected chi connectivity index (χ3v) is 16.5. The number of ether oxygens (including phenoxy) is 9. The van der Waals surface area contributed by atoms with Crippen LogP contribution in [0.15, 0.2) is 0 Å². The Balaban J connectivity index is 1.08. The number of hydrogen-bond donors (Lipinski definition) is 1. The maximum Gasteiger partial charge on any atom is 0.303 e. The summed E-state index contributed by atoms with van der Waals surface area (Å²) in [5, 5.41) is 13.4. The summed E-state index contributed by atoms with van der Waals surface area (Å²) >= 11 is 0. The minimum atomic E-state index is -1.79. The molecule has 5 saturated carbocycles. The molecule has 3 heterocycles. The molecule has 13 nitrogen and oxygen atoms in total. The van der Waals surface area contributed by atoms with Crippen LogP contribution in [0, 0.1) is 51.8 Å². The van der Waals surface area contributed by atoms with Gasteiger partial charge >= 0.3 is 17.9 Å². The fourth-order valence-corrected chi connectivity index (χ4v) is 14.1. The van der Waals surface area contributed by atoms with E-state index in [2.05, 4.69) is 34.6 Å². The molecular weight excluding hydrogens is 712 g/mol. The molecule has 8 aliphatic rings. The number of rotatable bonds is 10. The summed E-state index contributed by atoms with van der Waals surface area (Å²) in [5.74, 6) is -2.97. The van der Waals surface area contributed by atoms with Gasteiger partial charge in [-0.3, -0.25) is 23.9 Å². The molecule has 0 radical (unpaired) electrons. The monoisotopic (exact) mass is 776 g/mol. The molecule has 13 heteroatoms. The molecule has 0 aromatic carbocycles. The Kier molecular flexibility index (Phi) is 9.67. The van der Waals surface area contributed by atoms with Crippen molar-refractivity contribution in [2.75, 3.05) is 13.7 Å². The van der Waals surface area contributed by atoms with Gasteiger partial charge in [-0.25, -0.2) is 0 Å². The van der Waals surface area contributed by atoms with Crippen LogP contribution in [0.1, 0.15) is 120 Å². The van der Waals surface area contributed by atoms with Crippen LogP contribution in [0.25, 0.3) is 0 Å². The van der Waals surface area contributed by atoms with E-state index >= 15 is 0 Å². The lowest BCUT2D eigenvalue weighted by Gasteiger charge is -2.62. The molecule has 8 fully saturated rings. The molecule has 18 atom stereocenters. The van der Waals surface area contributed by atoms with Crippen molar-refractivity contribution < 1.29 is 62.1 Å². The minimum absolute atomic E-state index is 0.253. The average molecular weight is 777 g/mol. The fourth-order valence-electron chi connectivity index (χ4n) is 14.1. The van der Waals surface area contributed by atoms with Crippen molar-refractivity contribution in [1.29, 1.82) is 0 Å². The Hall–Kier alpha value is -1.87. The zero-order valence-corrected chi connectivity index (χ0v) is 34.4. The van der Waals surface area contributed by atoms with E-state index in [1.165, 1.54) is 40.0 Å². The van der Waals surface area contributed by atoms with Crippen LogP contribution < -0.4 is 0 Å². The number of methoxy groups -OCH3 is 1. The lowest BCUT2D eigenvalue weighted by Crippen LogP contribution is -2.62. The van der Waals surface area contributed by atoms with E-state index in [0.717, 1.165) is 38.0 Å². The molecule has 3 aliphatic heterocycles. The second-order valence-electron chi connectivity index (χ2n) is 19.5. The topological polar surface area (TPSA) is 155 Å². The van der Waals surface area contributed by atoms with Gasteiger partial charge in [-0.2, -0.15) is 0 Å². The van der Waals surface area contributed by atoms with Crippen molar-refractivity contribution in [3.63, 3.8) is 0 Å². The lowest BCUT2D eigenvalue weighted by atomic mass is 9.44. The van der Waals surface area contributed by atoms with Crippen LogP contribution in [-0.4, -0.2) is 97.0 Å². The first kappa shape index (κ1) is 39.9. The summed E-state index contributed by atoms with van der Waals surface area (Å²) in [6.45, 7) is 16.3. The molecule has 1 unspecified atom stereocenters. The van der Waals surface area contributed by atoms with E-state index in [-0.39, 0.29) is 24.0 Å². The number of esters is 3. The van der Waals surface area contributed by atoms with Gasteiger partial charge in [0.2, 0.25) is 0 Å². The molecule has 55 heavy (non-hydrogen) atoms. The summed E-state index contributed by atoms with van der Waals surface area (Å²) in [4.78, 5) is 36.5. The van der Waals surface area contributed by atoms with Crippen molar-refractivity contribution in [3.05, 3.63) is 0 Å².